The summed E-state index contributed by atoms with van der Waals surface area (Å²) in [7, 11) is 1.94. The van der Waals surface area contributed by atoms with Crippen molar-refractivity contribution in [1.29, 1.82) is 5.26 Å². The minimum atomic E-state index is 0.633. The Balaban J connectivity index is 2.26. The fourth-order valence-corrected chi connectivity index (χ4v) is 2.62. The second-order valence-electron chi connectivity index (χ2n) is 4.99. The van der Waals surface area contributed by atoms with Crippen LogP contribution in [0.15, 0.2) is 24.3 Å². The van der Waals surface area contributed by atoms with Crippen LogP contribution in [-0.4, -0.2) is 19.3 Å². The van der Waals surface area contributed by atoms with Crippen molar-refractivity contribution in [2.75, 3.05) is 0 Å². The molecule has 0 saturated heterocycles. The molecule has 0 atom stereocenters. The van der Waals surface area contributed by atoms with Gasteiger partial charge in [-0.25, -0.2) is 4.98 Å². The first-order valence-electron chi connectivity index (χ1n) is 7.11. The molecule has 3 rings (SSSR count). The van der Waals surface area contributed by atoms with Crippen LogP contribution in [0.3, 0.4) is 0 Å². The van der Waals surface area contributed by atoms with Crippen LogP contribution in [0.2, 0.25) is 0 Å². The van der Waals surface area contributed by atoms with Gasteiger partial charge in [0, 0.05) is 13.6 Å². The molecule has 2 aromatic heterocycles. The van der Waals surface area contributed by atoms with Gasteiger partial charge < -0.3 is 4.57 Å². The van der Waals surface area contributed by atoms with Gasteiger partial charge in [0.2, 0.25) is 0 Å². The van der Waals surface area contributed by atoms with Gasteiger partial charge in [0.1, 0.15) is 5.69 Å². The highest BCUT2D eigenvalue weighted by molar-refractivity contribution is 5.81. The van der Waals surface area contributed by atoms with E-state index in [9.17, 15) is 0 Å². The average Bonchev–Trinajstić information content (AvgIpc) is 3.05. The largest absolute Gasteiger partial charge is 0.323 e. The topological polar surface area (TPSA) is 59.4 Å². The van der Waals surface area contributed by atoms with Crippen molar-refractivity contribution in [1.82, 2.24) is 19.3 Å². The van der Waals surface area contributed by atoms with Gasteiger partial charge in [0.25, 0.3) is 0 Å². The third-order valence-corrected chi connectivity index (χ3v) is 3.72. The molecule has 106 valence electrons. The monoisotopic (exact) mass is 279 g/mol. The number of nitrogens with zero attached hydrogens (tertiary/aromatic N) is 5. The summed E-state index contributed by atoms with van der Waals surface area (Å²) in [6.45, 7) is 5.01. The summed E-state index contributed by atoms with van der Waals surface area (Å²) in [5.74, 6) is 0.900. The molecule has 21 heavy (non-hydrogen) atoms. The average molecular weight is 279 g/mol. The van der Waals surface area contributed by atoms with Crippen molar-refractivity contribution in [2.24, 2.45) is 7.05 Å². The van der Waals surface area contributed by atoms with Crippen LogP contribution in [0.4, 0.5) is 0 Å². The molecule has 0 amide bonds. The van der Waals surface area contributed by atoms with Gasteiger partial charge in [-0.05, 0) is 37.6 Å². The van der Waals surface area contributed by atoms with E-state index >= 15 is 0 Å². The molecular formula is C16H17N5. The predicted molar refractivity (Wildman–Crippen MR) is 81.7 cm³/mol. The first-order valence-corrected chi connectivity index (χ1v) is 7.11. The van der Waals surface area contributed by atoms with Crippen molar-refractivity contribution in [3.05, 3.63) is 35.5 Å². The maximum Gasteiger partial charge on any atom is 0.159 e. The Hall–Kier alpha value is -2.61. The van der Waals surface area contributed by atoms with Crippen LogP contribution in [0.1, 0.15) is 25.1 Å². The van der Waals surface area contributed by atoms with Crippen LogP contribution in [0.25, 0.3) is 22.6 Å². The van der Waals surface area contributed by atoms with Crippen LogP contribution in [0.5, 0.6) is 0 Å². The van der Waals surface area contributed by atoms with E-state index in [0.29, 0.717) is 5.56 Å². The fraction of sp³-hybridized carbons (Fsp3) is 0.312. The quantitative estimate of drug-likeness (QED) is 0.740. The number of benzene rings is 1. The second-order valence-corrected chi connectivity index (χ2v) is 4.99. The Morgan fingerprint density at radius 2 is 2.05 bits per heavy atom. The number of hydrogen-bond acceptors (Lipinski definition) is 3. The molecule has 5 heteroatoms. The molecule has 5 nitrogen and oxygen atoms in total. The first-order chi connectivity index (χ1) is 10.2. The van der Waals surface area contributed by atoms with Crippen molar-refractivity contribution in [3.63, 3.8) is 0 Å². The number of hydrogen-bond donors (Lipinski definition) is 0. The van der Waals surface area contributed by atoms with E-state index in [1.165, 1.54) is 0 Å². The number of nitriles is 1. The summed E-state index contributed by atoms with van der Waals surface area (Å²) in [5, 5.41) is 13.5. The standard InChI is InChI=1S/C16H17N5/c1-4-12-9-15(20(3)19-12)16-18-13-8-11(10-17)6-7-14(13)21(16)5-2/h6-9H,4-5H2,1-3H3. The van der Waals surface area contributed by atoms with Crippen molar-refractivity contribution in [3.8, 4) is 17.6 Å². The Labute approximate surface area is 123 Å². The smallest absolute Gasteiger partial charge is 0.159 e. The number of imidazole rings is 1. The molecule has 0 saturated carbocycles. The molecule has 0 aliphatic heterocycles. The van der Waals surface area contributed by atoms with Gasteiger partial charge in [-0.3, -0.25) is 4.68 Å². The minimum Gasteiger partial charge on any atom is -0.323 e. The van der Waals surface area contributed by atoms with Crippen LogP contribution in [-0.2, 0) is 20.0 Å². The van der Waals surface area contributed by atoms with E-state index in [0.717, 1.165) is 41.2 Å². The molecule has 3 aromatic rings. The fourth-order valence-electron chi connectivity index (χ4n) is 2.62. The zero-order valence-electron chi connectivity index (χ0n) is 12.5. The molecule has 0 aliphatic carbocycles. The normalized spacial score (nSPS) is 11.0. The van der Waals surface area contributed by atoms with Gasteiger partial charge in [0.15, 0.2) is 5.82 Å². The van der Waals surface area contributed by atoms with Crippen LogP contribution >= 0.6 is 0 Å². The maximum absolute atomic E-state index is 9.03. The molecular weight excluding hydrogens is 262 g/mol. The number of aromatic nitrogens is 4. The van der Waals surface area contributed by atoms with Crippen molar-refractivity contribution >= 4 is 11.0 Å². The van der Waals surface area contributed by atoms with Crippen molar-refractivity contribution < 1.29 is 0 Å². The molecule has 0 N–H and O–H groups in total. The van der Waals surface area contributed by atoms with E-state index in [1.807, 2.05) is 29.9 Å². The van der Waals surface area contributed by atoms with E-state index in [4.69, 9.17) is 10.2 Å². The molecule has 1 aromatic carbocycles. The van der Waals surface area contributed by atoms with Gasteiger partial charge in [-0.1, -0.05) is 6.92 Å². The highest BCUT2D eigenvalue weighted by Gasteiger charge is 2.16. The van der Waals surface area contributed by atoms with Gasteiger partial charge in [-0.15, -0.1) is 0 Å². The maximum atomic E-state index is 9.03. The Morgan fingerprint density at radius 1 is 1.24 bits per heavy atom. The second kappa shape index (κ2) is 5.06. The molecule has 0 spiro atoms. The highest BCUT2D eigenvalue weighted by atomic mass is 15.3. The lowest BCUT2D eigenvalue weighted by Gasteiger charge is -2.05. The zero-order chi connectivity index (χ0) is 15.0. The number of fused-ring (bicyclic) bond motifs is 1. The van der Waals surface area contributed by atoms with Gasteiger partial charge in [-0.2, -0.15) is 10.4 Å². The van der Waals surface area contributed by atoms with Crippen molar-refractivity contribution in [2.45, 2.75) is 26.8 Å². The van der Waals surface area contributed by atoms with Crippen LogP contribution < -0.4 is 0 Å². The third-order valence-electron chi connectivity index (χ3n) is 3.72. The molecule has 2 heterocycles. The predicted octanol–water partition coefficient (Wildman–Crippen LogP) is 2.89. The van der Waals surface area contributed by atoms with E-state index < -0.39 is 0 Å². The summed E-state index contributed by atoms with van der Waals surface area (Å²) in [6, 6.07) is 9.88. The number of aryl methyl sites for hydroxylation is 3. The van der Waals surface area contributed by atoms with E-state index in [1.54, 1.807) is 0 Å². The first kappa shape index (κ1) is 13.4. The summed E-state index contributed by atoms with van der Waals surface area (Å²) in [5.41, 5.74) is 4.59. The van der Waals surface area contributed by atoms with Gasteiger partial charge in [0.05, 0.1) is 28.4 Å². The molecule has 0 aliphatic rings. The number of rotatable bonds is 3. The summed E-state index contributed by atoms with van der Waals surface area (Å²) in [4.78, 5) is 4.72. The van der Waals surface area contributed by atoms with Crippen LogP contribution in [0, 0.1) is 11.3 Å². The SMILES string of the molecule is CCc1cc(-c2nc3cc(C#N)ccc3n2CC)n(C)n1. The lowest BCUT2D eigenvalue weighted by molar-refractivity contribution is 0.731. The summed E-state index contributed by atoms with van der Waals surface area (Å²) >= 11 is 0. The Kier molecular flexibility index (Phi) is 3.22. The highest BCUT2D eigenvalue weighted by Crippen LogP contribution is 2.26. The Morgan fingerprint density at radius 3 is 2.67 bits per heavy atom. The summed E-state index contributed by atoms with van der Waals surface area (Å²) in [6.07, 6.45) is 0.902. The van der Waals surface area contributed by atoms with Gasteiger partial charge >= 0.3 is 0 Å². The van der Waals surface area contributed by atoms with E-state index in [2.05, 4.69) is 35.6 Å². The van der Waals surface area contributed by atoms with E-state index in [-0.39, 0.29) is 0 Å². The minimum absolute atomic E-state index is 0.633. The lowest BCUT2D eigenvalue weighted by atomic mass is 10.2. The lowest BCUT2D eigenvalue weighted by Crippen LogP contribution is -2.02. The molecule has 0 bridgehead atoms. The molecule has 0 radical (unpaired) electrons. The molecule has 0 unspecified atom stereocenters. The zero-order valence-corrected chi connectivity index (χ0v) is 12.5. The third kappa shape index (κ3) is 2.09. The summed E-state index contributed by atoms with van der Waals surface area (Å²) < 4.78 is 4.03. The molecule has 0 fully saturated rings. The Bertz CT molecular complexity index is 848.